The fourth-order valence-electron chi connectivity index (χ4n) is 1.94. The van der Waals surface area contributed by atoms with E-state index in [0.29, 0.717) is 10.9 Å². The third-order valence-electron chi connectivity index (χ3n) is 3.06. The highest BCUT2D eigenvalue weighted by molar-refractivity contribution is 9.10. The first-order chi connectivity index (χ1) is 9.08. The molecular formula is C15H16BrNO2. The number of phenolic OH excluding ortho intramolecular Hbond substituents is 1. The Kier molecular flexibility index (Phi) is 4.58. The summed E-state index contributed by atoms with van der Waals surface area (Å²) in [6, 6.07) is 14.3. The second-order valence-corrected chi connectivity index (χ2v) is 5.35. The Hall–Kier alpha value is -1.36. The fraction of sp³-hybridized carbons (Fsp3) is 0.200. The summed E-state index contributed by atoms with van der Waals surface area (Å²) < 4.78 is 0.576. The first kappa shape index (κ1) is 14.1. The first-order valence-electron chi connectivity index (χ1n) is 6.04. The monoisotopic (exact) mass is 321 g/mol. The molecule has 0 spiro atoms. The van der Waals surface area contributed by atoms with Gasteiger partial charge in [-0.3, -0.25) is 0 Å². The Labute approximate surface area is 120 Å². The summed E-state index contributed by atoms with van der Waals surface area (Å²) in [4.78, 5) is 0. The van der Waals surface area contributed by atoms with Crippen LogP contribution in [-0.4, -0.2) is 16.3 Å². The number of hydrogen-bond acceptors (Lipinski definition) is 3. The standard InChI is InChI=1S/C15H16BrNO2/c16-12-9-11(6-7-13(12)18)15(17)14(19)8-10-4-2-1-3-5-10/h1-7,9,14-15,18-19H,8,17H2/t14-,15+/m0/s1. The Balaban J connectivity index is 2.10. The van der Waals surface area contributed by atoms with Gasteiger partial charge in [-0.2, -0.15) is 0 Å². The van der Waals surface area contributed by atoms with Crippen molar-refractivity contribution in [1.82, 2.24) is 0 Å². The molecule has 0 bridgehead atoms. The number of hydrogen-bond donors (Lipinski definition) is 3. The van der Waals surface area contributed by atoms with E-state index >= 15 is 0 Å². The summed E-state index contributed by atoms with van der Waals surface area (Å²) in [5.41, 5.74) is 7.88. The van der Waals surface area contributed by atoms with Gasteiger partial charge in [0.2, 0.25) is 0 Å². The molecule has 4 N–H and O–H groups in total. The Morgan fingerprint density at radius 3 is 2.42 bits per heavy atom. The van der Waals surface area contributed by atoms with Gasteiger partial charge >= 0.3 is 0 Å². The van der Waals surface area contributed by atoms with E-state index in [1.54, 1.807) is 18.2 Å². The number of rotatable bonds is 4. The minimum Gasteiger partial charge on any atom is -0.507 e. The summed E-state index contributed by atoms with van der Waals surface area (Å²) in [7, 11) is 0. The van der Waals surface area contributed by atoms with E-state index in [2.05, 4.69) is 15.9 Å². The molecule has 4 heteroatoms. The molecule has 0 fully saturated rings. The van der Waals surface area contributed by atoms with E-state index in [4.69, 9.17) is 5.73 Å². The summed E-state index contributed by atoms with van der Waals surface area (Å²) in [5, 5.41) is 19.6. The van der Waals surface area contributed by atoms with Crippen LogP contribution in [0, 0.1) is 0 Å². The smallest absolute Gasteiger partial charge is 0.129 e. The third-order valence-corrected chi connectivity index (χ3v) is 3.69. The minimum atomic E-state index is -0.668. The van der Waals surface area contributed by atoms with Crippen molar-refractivity contribution in [3.8, 4) is 5.75 Å². The van der Waals surface area contributed by atoms with Crippen LogP contribution in [0.25, 0.3) is 0 Å². The molecule has 0 saturated heterocycles. The van der Waals surface area contributed by atoms with Crippen LogP contribution in [0.1, 0.15) is 17.2 Å². The van der Waals surface area contributed by atoms with Crippen LogP contribution in [-0.2, 0) is 6.42 Å². The lowest BCUT2D eigenvalue weighted by molar-refractivity contribution is 0.145. The molecule has 100 valence electrons. The van der Waals surface area contributed by atoms with E-state index in [9.17, 15) is 10.2 Å². The molecule has 0 unspecified atom stereocenters. The maximum atomic E-state index is 10.2. The van der Waals surface area contributed by atoms with E-state index in [1.165, 1.54) is 0 Å². The molecule has 0 amide bonds. The quantitative estimate of drug-likeness (QED) is 0.811. The molecule has 0 radical (unpaired) electrons. The van der Waals surface area contributed by atoms with Gasteiger partial charge < -0.3 is 15.9 Å². The van der Waals surface area contributed by atoms with Gasteiger partial charge in [0.15, 0.2) is 0 Å². The molecule has 0 heterocycles. The predicted octanol–water partition coefficient (Wildman–Crippen LogP) is 2.76. The van der Waals surface area contributed by atoms with E-state index in [-0.39, 0.29) is 5.75 Å². The minimum absolute atomic E-state index is 0.161. The van der Waals surface area contributed by atoms with Gasteiger partial charge in [0.05, 0.1) is 16.6 Å². The van der Waals surface area contributed by atoms with Gasteiger partial charge in [0.25, 0.3) is 0 Å². The van der Waals surface area contributed by atoms with Crippen LogP contribution in [0.15, 0.2) is 53.0 Å². The van der Waals surface area contributed by atoms with Gasteiger partial charge in [0, 0.05) is 6.42 Å². The lowest BCUT2D eigenvalue weighted by Gasteiger charge is -2.19. The largest absolute Gasteiger partial charge is 0.507 e. The molecule has 19 heavy (non-hydrogen) atoms. The predicted molar refractivity (Wildman–Crippen MR) is 78.9 cm³/mol. The van der Waals surface area contributed by atoms with E-state index in [0.717, 1.165) is 11.1 Å². The van der Waals surface area contributed by atoms with Gasteiger partial charge in [0.1, 0.15) is 5.75 Å². The van der Waals surface area contributed by atoms with Crippen LogP contribution in [0.4, 0.5) is 0 Å². The normalized spacial score (nSPS) is 14.1. The Morgan fingerprint density at radius 2 is 1.79 bits per heavy atom. The van der Waals surface area contributed by atoms with Crippen molar-refractivity contribution in [2.45, 2.75) is 18.6 Å². The number of nitrogens with two attached hydrogens (primary N) is 1. The maximum absolute atomic E-state index is 10.2. The SMILES string of the molecule is N[C@H](c1ccc(O)c(Br)c1)[C@@H](O)Cc1ccccc1. The van der Waals surface area contributed by atoms with Crippen LogP contribution in [0.2, 0.25) is 0 Å². The van der Waals surface area contributed by atoms with E-state index in [1.807, 2.05) is 30.3 Å². The molecule has 0 saturated carbocycles. The van der Waals surface area contributed by atoms with Crippen LogP contribution in [0.3, 0.4) is 0 Å². The molecule has 2 rings (SSSR count). The summed E-state index contributed by atoms with van der Waals surface area (Å²) in [5.74, 6) is 0.161. The second kappa shape index (κ2) is 6.19. The van der Waals surface area contributed by atoms with E-state index < -0.39 is 12.1 Å². The van der Waals surface area contributed by atoms with Crippen molar-refractivity contribution in [2.24, 2.45) is 5.73 Å². The van der Waals surface area contributed by atoms with Crippen molar-refractivity contribution in [3.05, 3.63) is 64.1 Å². The maximum Gasteiger partial charge on any atom is 0.129 e. The molecular weight excluding hydrogens is 306 g/mol. The highest BCUT2D eigenvalue weighted by atomic mass is 79.9. The zero-order chi connectivity index (χ0) is 13.8. The zero-order valence-electron chi connectivity index (χ0n) is 10.3. The number of aliphatic hydroxyl groups excluding tert-OH is 1. The van der Waals surface area contributed by atoms with Crippen molar-refractivity contribution < 1.29 is 10.2 Å². The van der Waals surface area contributed by atoms with Crippen LogP contribution < -0.4 is 5.73 Å². The number of aliphatic hydroxyl groups is 1. The number of benzene rings is 2. The average Bonchev–Trinajstić information content (AvgIpc) is 2.42. The first-order valence-corrected chi connectivity index (χ1v) is 6.83. The fourth-order valence-corrected chi connectivity index (χ4v) is 2.33. The highest BCUT2D eigenvalue weighted by Gasteiger charge is 2.18. The molecule has 0 aromatic heterocycles. The molecule has 2 aromatic carbocycles. The molecule has 0 aliphatic rings. The number of phenols is 1. The lowest BCUT2D eigenvalue weighted by atomic mass is 9.97. The highest BCUT2D eigenvalue weighted by Crippen LogP contribution is 2.28. The van der Waals surface area contributed by atoms with Crippen molar-refractivity contribution in [1.29, 1.82) is 0 Å². The third kappa shape index (κ3) is 3.56. The van der Waals surface area contributed by atoms with Crippen molar-refractivity contribution in [2.75, 3.05) is 0 Å². The Bertz CT molecular complexity index is 545. The van der Waals surface area contributed by atoms with Gasteiger partial charge in [-0.15, -0.1) is 0 Å². The van der Waals surface area contributed by atoms with Crippen molar-refractivity contribution >= 4 is 15.9 Å². The van der Waals surface area contributed by atoms with Crippen LogP contribution in [0.5, 0.6) is 5.75 Å². The second-order valence-electron chi connectivity index (χ2n) is 4.49. The molecule has 2 aromatic rings. The molecule has 2 atom stereocenters. The lowest BCUT2D eigenvalue weighted by Crippen LogP contribution is -2.28. The molecule has 0 aliphatic heterocycles. The summed E-state index contributed by atoms with van der Waals surface area (Å²) in [6.45, 7) is 0. The summed E-state index contributed by atoms with van der Waals surface area (Å²) in [6.07, 6.45) is -0.167. The Morgan fingerprint density at radius 1 is 1.11 bits per heavy atom. The number of halogens is 1. The average molecular weight is 322 g/mol. The molecule has 3 nitrogen and oxygen atoms in total. The topological polar surface area (TPSA) is 66.5 Å². The van der Waals surface area contributed by atoms with Crippen LogP contribution >= 0.6 is 15.9 Å². The number of aromatic hydroxyl groups is 1. The molecule has 0 aliphatic carbocycles. The summed E-state index contributed by atoms with van der Waals surface area (Å²) >= 11 is 3.24. The van der Waals surface area contributed by atoms with Gasteiger partial charge in [-0.25, -0.2) is 0 Å². The van der Waals surface area contributed by atoms with Gasteiger partial charge in [-0.1, -0.05) is 36.4 Å². The van der Waals surface area contributed by atoms with Gasteiger partial charge in [-0.05, 0) is 39.2 Å². The zero-order valence-corrected chi connectivity index (χ0v) is 11.9. The van der Waals surface area contributed by atoms with Crippen molar-refractivity contribution in [3.63, 3.8) is 0 Å².